The second-order valence-electron chi connectivity index (χ2n) is 4.77. The van der Waals surface area contributed by atoms with E-state index < -0.39 is 0 Å². The molecule has 2 rings (SSSR count). The highest BCUT2D eigenvalue weighted by Crippen LogP contribution is 2.23. The molecule has 5 heteroatoms. The number of aliphatic hydroxyl groups is 1. The van der Waals surface area contributed by atoms with Gasteiger partial charge in [-0.15, -0.1) is 11.3 Å². The summed E-state index contributed by atoms with van der Waals surface area (Å²) in [5, 5.41) is 12.3. The lowest BCUT2D eigenvalue weighted by atomic mass is 10.1. The van der Waals surface area contributed by atoms with Gasteiger partial charge in [-0.2, -0.15) is 0 Å². The molecule has 0 saturated carbocycles. The Hall–Kier alpha value is -1.17. The highest BCUT2D eigenvalue weighted by molar-refractivity contribution is 9.11. The third kappa shape index (κ3) is 5.26. The summed E-state index contributed by atoms with van der Waals surface area (Å²) in [5.74, 6) is -0.0199. The Bertz CT molecular complexity index is 571. The van der Waals surface area contributed by atoms with Crippen molar-refractivity contribution in [2.24, 2.45) is 0 Å². The summed E-state index contributed by atoms with van der Waals surface area (Å²) in [5.41, 5.74) is 0.926. The first-order chi connectivity index (χ1) is 10.2. The average Bonchev–Trinajstić information content (AvgIpc) is 2.91. The van der Waals surface area contributed by atoms with E-state index in [2.05, 4.69) is 27.3 Å². The van der Waals surface area contributed by atoms with Gasteiger partial charge in [-0.3, -0.25) is 4.79 Å². The number of aliphatic hydroxyl groups excluding tert-OH is 1. The van der Waals surface area contributed by atoms with Gasteiger partial charge in [0, 0.05) is 11.3 Å². The first-order valence-corrected chi connectivity index (χ1v) is 8.49. The van der Waals surface area contributed by atoms with Crippen molar-refractivity contribution in [2.75, 3.05) is 6.61 Å². The monoisotopic (exact) mass is 367 g/mol. The van der Waals surface area contributed by atoms with Crippen LogP contribution in [0.3, 0.4) is 0 Å². The molecule has 0 bridgehead atoms. The molecule has 1 aromatic heterocycles. The highest BCUT2D eigenvalue weighted by Gasteiger charge is 2.13. The summed E-state index contributed by atoms with van der Waals surface area (Å²) < 4.78 is 1.12. The predicted molar refractivity (Wildman–Crippen MR) is 89.4 cm³/mol. The number of thiophene rings is 1. The lowest BCUT2D eigenvalue weighted by molar-refractivity contribution is -0.122. The third-order valence-corrected chi connectivity index (χ3v) is 4.86. The first kappa shape index (κ1) is 16.2. The second kappa shape index (κ2) is 8.32. The number of benzene rings is 1. The van der Waals surface area contributed by atoms with Crippen LogP contribution in [0.15, 0.2) is 46.3 Å². The summed E-state index contributed by atoms with van der Waals surface area (Å²) in [6.45, 7) is -0.0897. The highest BCUT2D eigenvalue weighted by atomic mass is 79.9. The molecular weight excluding hydrogens is 350 g/mol. The number of aryl methyl sites for hydroxylation is 1. The number of carbonyl (C=O) groups is 1. The molecule has 21 heavy (non-hydrogen) atoms. The van der Waals surface area contributed by atoms with Gasteiger partial charge in [0.15, 0.2) is 0 Å². The van der Waals surface area contributed by atoms with Gasteiger partial charge >= 0.3 is 0 Å². The van der Waals surface area contributed by atoms with Crippen LogP contribution in [0.4, 0.5) is 0 Å². The van der Waals surface area contributed by atoms with Crippen LogP contribution in [0.1, 0.15) is 29.3 Å². The summed E-state index contributed by atoms with van der Waals surface area (Å²) in [6, 6.07) is 13.3. The van der Waals surface area contributed by atoms with Gasteiger partial charge in [-0.05, 0) is 46.5 Å². The Labute approximate surface area is 137 Å². The molecule has 0 spiro atoms. The predicted octanol–water partition coefficient (Wildman–Crippen LogP) is 3.68. The van der Waals surface area contributed by atoms with E-state index in [0.29, 0.717) is 6.42 Å². The van der Waals surface area contributed by atoms with Crippen molar-refractivity contribution in [3.63, 3.8) is 0 Å². The van der Waals surface area contributed by atoms with Crippen molar-refractivity contribution in [2.45, 2.75) is 25.3 Å². The largest absolute Gasteiger partial charge is 0.394 e. The Morgan fingerprint density at radius 1 is 1.24 bits per heavy atom. The van der Waals surface area contributed by atoms with E-state index in [1.807, 2.05) is 36.4 Å². The Kier molecular flexibility index (Phi) is 6.42. The molecule has 0 radical (unpaired) electrons. The molecule has 1 amide bonds. The summed E-state index contributed by atoms with van der Waals surface area (Å²) in [4.78, 5) is 13.2. The van der Waals surface area contributed by atoms with Crippen molar-refractivity contribution in [1.29, 1.82) is 0 Å². The molecule has 2 N–H and O–H groups in total. The minimum Gasteiger partial charge on any atom is -0.394 e. The molecule has 0 fully saturated rings. The molecule has 112 valence electrons. The number of halogens is 1. The maximum Gasteiger partial charge on any atom is 0.220 e. The zero-order valence-corrected chi connectivity index (χ0v) is 14.0. The second-order valence-corrected chi connectivity index (χ2v) is 7.32. The van der Waals surface area contributed by atoms with Gasteiger partial charge in [0.05, 0.1) is 16.4 Å². The van der Waals surface area contributed by atoms with Crippen LogP contribution in [0, 0.1) is 0 Å². The number of hydrogen-bond donors (Lipinski definition) is 2. The van der Waals surface area contributed by atoms with E-state index in [1.165, 1.54) is 4.88 Å². The lowest BCUT2D eigenvalue weighted by Gasteiger charge is -2.16. The molecule has 0 aliphatic carbocycles. The Balaban J connectivity index is 1.78. The van der Waals surface area contributed by atoms with Crippen molar-refractivity contribution in [3.8, 4) is 0 Å². The molecule has 1 heterocycles. The van der Waals surface area contributed by atoms with Crippen molar-refractivity contribution in [1.82, 2.24) is 5.32 Å². The van der Waals surface area contributed by atoms with Gasteiger partial charge in [-0.1, -0.05) is 30.3 Å². The standard InChI is InChI=1S/C16H18BrNO2S/c17-15-10-9-13(21-15)7-4-8-16(20)18-14(11-19)12-5-2-1-3-6-12/h1-3,5-6,9-10,14,19H,4,7-8,11H2,(H,18,20). The average molecular weight is 368 g/mol. The van der Waals surface area contributed by atoms with E-state index in [4.69, 9.17) is 0 Å². The number of amides is 1. The zero-order chi connectivity index (χ0) is 15.1. The molecule has 0 aliphatic rings. The van der Waals surface area contributed by atoms with Gasteiger partial charge in [0.25, 0.3) is 0 Å². The van der Waals surface area contributed by atoms with Crippen molar-refractivity contribution < 1.29 is 9.90 Å². The van der Waals surface area contributed by atoms with E-state index in [0.717, 1.165) is 22.2 Å². The van der Waals surface area contributed by atoms with Crippen LogP contribution in [0.5, 0.6) is 0 Å². The number of carbonyl (C=O) groups excluding carboxylic acids is 1. The van der Waals surface area contributed by atoms with Crippen LogP contribution in [-0.4, -0.2) is 17.6 Å². The molecule has 1 atom stereocenters. The van der Waals surface area contributed by atoms with Gasteiger partial charge in [-0.25, -0.2) is 0 Å². The zero-order valence-electron chi connectivity index (χ0n) is 11.6. The third-order valence-electron chi connectivity index (χ3n) is 3.18. The maximum atomic E-state index is 12.0. The van der Waals surface area contributed by atoms with E-state index in [1.54, 1.807) is 11.3 Å². The van der Waals surface area contributed by atoms with E-state index in [-0.39, 0.29) is 18.6 Å². The lowest BCUT2D eigenvalue weighted by Crippen LogP contribution is -2.30. The fourth-order valence-corrected chi connectivity index (χ4v) is 3.62. The van der Waals surface area contributed by atoms with Crippen LogP contribution >= 0.6 is 27.3 Å². The van der Waals surface area contributed by atoms with Gasteiger partial charge < -0.3 is 10.4 Å². The van der Waals surface area contributed by atoms with Gasteiger partial charge in [0.2, 0.25) is 5.91 Å². The van der Waals surface area contributed by atoms with Crippen LogP contribution in [-0.2, 0) is 11.2 Å². The van der Waals surface area contributed by atoms with Crippen LogP contribution in [0.2, 0.25) is 0 Å². The maximum absolute atomic E-state index is 12.0. The van der Waals surface area contributed by atoms with E-state index in [9.17, 15) is 9.90 Å². The SMILES string of the molecule is O=C(CCCc1ccc(Br)s1)NC(CO)c1ccccc1. The summed E-state index contributed by atoms with van der Waals surface area (Å²) in [6.07, 6.45) is 2.18. The van der Waals surface area contributed by atoms with Crippen molar-refractivity contribution in [3.05, 3.63) is 56.7 Å². The minimum absolute atomic E-state index is 0.0199. The van der Waals surface area contributed by atoms with Crippen LogP contribution in [0.25, 0.3) is 0 Å². The molecule has 0 aliphatic heterocycles. The van der Waals surface area contributed by atoms with E-state index >= 15 is 0 Å². The first-order valence-electron chi connectivity index (χ1n) is 6.88. The Morgan fingerprint density at radius 3 is 2.62 bits per heavy atom. The molecule has 1 unspecified atom stereocenters. The van der Waals surface area contributed by atoms with Crippen molar-refractivity contribution >= 4 is 33.2 Å². The molecule has 3 nitrogen and oxygen atoms in total. The summed E-state index contributed by atoms with van der Waals surface area (Å²) >= 11 is 5.13. The quantitative estimate of drug-likeness (QED) is 0.783. The Morgan fingerprint density at radius 2 is 2.00 bits per heavy atom. The smallest absolute Gasteiger partial charge is 0.220 e. The molecular formula is C16H18BrNO2S. The summed E-state index contributed by atoms with van der Waals surface area (Å²) in [7, 11) is 0. The molecule has 2 aromatic rings. The molecule has 0 saturated heterocycles. The molecule has 1 aromatic carbocycles. The fraction of sp³-hybridized carbons (Fsp3) is 0.312. The van der Waals surface area contributed by atoms with Gasteiger partial charge in [0.1, 0.15) is 0 Å². The number of nitrogens with one attached hydrogen (secondary N) is 1. The topological polar surface area (TPSA) is 49.3 Å². The normalized spacial score (nSPS) is 12.1. The number of hydrogen-bond acceptors (Lipinski definition) is 3. The number of rotatable bonds is 7. The van der Waals surface area contributed by atoms with Crippen LogP contribution < -0.4 is 5.32 Å². The fourth-order valence-electron chi connectivity index (χ4n) is 2.10. The minimum atomic E-state index is -0.324.